The van der Waals surface area contributed by atoms with Gasteiger partial charge in [0.15, 0.2) is 11.0 Å². The summed E-state index contributed by atoms with van der Waals surface area (Å²) < 4.78 is 14.7. The Kier molecular flexibility index (Phi) is 4.75. The third-order valence-corrected chi connectivity index (χ3v) is 6.36. The number of fused-ring (bicyclic) bond motifs is 2. The van der Waals surface area contributed by atoms with E-state index < -0.39 is 6.04 Å². The van der Waals surface area contributed by atoms with Crippen LogP contribution in [0.25, 0.3) is 5.70 Å². The van der Waals surface area contributed by atoms with E-state index in [4.69, 9.17) is 4.99 Å². The maximum Gasteiger partial charge on any atom is 0.194 e. The van der Waals surface area contributed by atoms with Crippen molar-refractivity contribution in [2.45, 2.75) is 18.7 Å². The fraction of sp³-hybridized carbons (Fsp3) is 0.120. The van der Waals surface area contributed by atoms with Gasteiger partial charge in [-0.1, -0.05) is 84.1 Å². The van der Waals surface area contributed by atoms with Crippen LogP contribution in [0.15, 0.2) is 83.4 Å². The predicted octanol–water partition coefficient (Wildman–Crippen LogP) is 5.68. The van der Waals surface area contributed by atoms with Gasteiger partial charge in [0, 0.05) is 22.4 Å². The van der Waals surface area contributed by atoms with Crippen molar-refractivity contribution in [1.82, 2.24) is 5.32 Å². The molecule has 1 atom stereocenters. The fourth-order valence-electron chi connectivity index (χ4n) is 3.85. The maximum absolute atomic E-state index is 14.7. The van der Waals surface area contributed by atoms with Crippen molar-refractivity contribution in [1.29, 1.82) is 0 Å². The van der Waals surface area contributed by atoms with Crippen LogP contribution in [0, 0.1) is 12.7 Å². The zero-order valence-electron chi connectivity index (χ0n) is 16.4. The summed E-state index contributed by atoms with van der Waals surface area (Å²) in [6.07, 6.45) is 0. The Morgan fingerprint density at radius 3 is 2.43 bits per heavy atom. The molecule has 1 heterocycles. The van der Waals surface area contributed by atoms with Crippen LogP contribution in [0.2, 0.25) is 0 Å². The van der Waals surface area contributed by atoms with Gasteiger partial charge >= 0.3 is 0 Å². The summed E-state index contributed by atoms with van der Waals surface area (Å²) in [6, 6.07) is 21.7. The van der Waals surface area contributed by atoms with E-state index >= 15 is 0 Å². The van der Waals surface area contributed by atoms with Crippen LogP contribution >= 0.6 is 11.8 Å². The number of hydrogen-bond acceptors (Lipinski definition) is 4. The van der Waals surface area contributed by atoms with E-state index in [1.807, 2.05) is 24.3 Å². The molecule has 3 nitrogen and oxygen atoms in total. The molecular formula is C25H19FN2OS. The Morgan fingerprint density at radius 1 is 0.967 bits per heavy atom. The smallest absolute Gasteiger partial charge is 0.194 e. The number of halogens is 1. The first-order chi connectivity index (χ1) is 14.6. The van der Waals surface area contributed by atoms with Crippen molar-refractivity contribution in [2.75, 3.05) is 0 Å². The highest BCUT2D eigenvalue weighted by Gasteiger charge is 2.39. The molecule has 0 aromatic heterocycles. The van der Waals surface area contributed by atoms with E-state index in [1.54, 1.807) is 30.0 Å². The Balaban J connectivity index is 1.53. The fourth-order valence-corrected chi connectivity index (χ4v) is 4.70. The molecule has 0 bridgehead atoms. The summed E-state index contributed by atoms with van der Waals surface area (Å²) in [5.74, 6) is 0.285. The molecule has 1 aliphatic carbocycles. The first kappa shape index (κ1) is 18.8. The number of carbonyl (C=O) groups excluding carboxylic acids is 1. The predicted molar refractivity (Wildman–Crippen MR) is 120 cm³/mol. The third kappa shape index (κ3) is 3.25. The molecule has 3 aromatic carbocycles. The minimum absolute atomic E-state index is 0.0901. The molecule has 148 valence electrons. The standard InChI is InChI=1S/C25H19FN2OS/c1-15-10-12-16(13-11-15)14-30-25-27-22-17-6-2-3-7-18(17)24(29)21(22)23(28-25)19-8-4-5-9-20(19)26/h2-13,23H,14H2,1H3,(H,27,28)/t23-/m1/s1. The summed E-state index contributed by atoms with van der Waals surface area (Å²) in [7, 11) is 0. The average Bonchev–Trinajstić information content (AvgIpc) is 3.06. The van der Waals surface area contributed by atoms with E-state index in [0.29, 0.717) is 21.9 Å². The van der Waals surface area contributed by atoms with Crippen LogP contribution in [-0.4, -0.2) is 11.0 Å². The van der Waals surface area contributed by atoms with Gasteiger partial charge in [-0.25, -0.2) is 9.38 Å². The Labute approximate surface area is 178 Å². The molecule has 30 heavy (non-hydrogen) atoms. The van der Waals surface area contributed by atoms with E-state index in [-0.39, 0.29) is 11.6 Å². The van der Waals surface area contributed by atoms with Gasteiger partial charge in [0.25, 0.3) is 0 Å². The van der Waals surface area contributed by atoms with Crippen molar-refractivity contribution in [2.24, 2.45) is 4.99 Å². The zero-order valence-corrected chi connectivity index (χ0v) is 17.2. The summed E-state index contributed by atoms with van der Waals surface area (Å²) in [4.78, 5) is 17.9. The van der Waals surface area contributed by atoms with Crippen molar-refractivity contribution in [3.05, 3.63) is 112 Å². The Morgan fingerprint density at radius 2 is 1.67 bits per heavy atom. The number of benzene rings is 3. The minimum atomic E-state index is -0.664. The second kappa shape index (κ2) is 7.58. The highest BCUT2D eigenvalue weighted by molar-refractivity contribution is 8.13. The van der Waals surface area contributed by atoms with Gasteiger partial charge in [0.1, 0.15) is 11.9 Å². The maximum atomic E-state index is 14.7. The number of Topliss-reactive ketones (excluding diaryl/α,β-unsaturated/α-hetero) is 1. The van der Waals surface area contributed by atoms with Crippen molar-refractivity contribution < 1.29 is 9.18 Å². The topological polar surface area (TPSA) is 41.5 Å². The molecule has 5 heteroatoms. The van der Waals surface area contributed by atoms with Gasteiger partial charge in [-0.2, -0.15) is 0 Å². The molecule has 5 rings (SSSR count). The zero-order chi connectivity index (χ0) is 20.7. The number of carbonyl (C=O) groups is 1. The number of aryl methyl sites for hydroxylation is 1. The lowest BCUT2D eigenvalue weighted by Gasteiger charge is -2.24. The second-order valence-electron chi connectivity index (χ2n) is 7.42. The van der Waals surface area contributed by atoms with Crippen LogP contribution in [0.4, 0.5) is 4.39 Å². The second-order valence-corrected chi connectivity index (χ2v) is 8.39. The number of thioether (sulfide) groups is 1. The molecule has 0 saturated carbocycles. The molecule has 2 aliphatic rings. The van der Waals surface area contributed by atoms with E-state index in [1.165, 1.54) is 17.2 Å². The molecule has 1 aliphatic heterocycles. The lowest BCUT2D eigenvalue weighted by atomic mass is 9.95. The van der Waals surface area contributed by atoms with Gasteiger partial charge in [0.05, 0.1) is 11.3 Å². The largest absolute Gasteiger partial charge is 0.334 e. The number of nitrogens with zero attached hydrogens (tertiary/aromatic N) is 1. The van der Waals surface area contributed by atoms with Crippen LogP contribution in [0.3, 0.4) is 0 Å². The molecule has 0 amide bonds. The SMILES string of the molecule is Cc1ccc(CSC2=N[C@H](c3ccccc3F)C3=C(N2)c2ccccc2C3=O)cc1. The van der Waals surface area contributed by atoms with Crippen molar-refractivity contribution in [3.8, 4) is 0 Å². The number of nitrogens with one attached hydrogen (secondary N) is 1. The third-order valence-electron chi connectivity index (χ3n) is 5.40. The highest BCUT2D eigenvalue weighted by atomic mass is 32.2. The number of amidine groups is 1. The summed E-state index contributed by atoms with van der Waals surface area (Å²) >= 11 is 1.56. The molecule has 0 unspecified atom stereocenters. The van der Waals surface area contributed by atoms with Gasteiger partial charge < -0.3 is 5.32 Å². The lowest BCUT2D eigenvalue weighted by Crippen LogP contribution is -2.27. The van der Waals surface area contributed by atoms with Crippen LogP contribution < -0.4 is 5.32 Å². The number of aliphatic imine (C=N–C) groups is 1. The molecule has 0 saturated heterocycles. The quantitative estimate of drug-likeness (QED) is 0.600. The highest BCUT2D eigenvalue weighted by Crippen LogP contribution is 2.43. The van der Waals surface area contributed by atoms with Crippen LogP contribution in [0.5, 0.6) is 0 Å². The normalized spacial score (nSPS) is 17.3. The van der Waals surface area contributed by atoms with Crippen LogP contribution in [-0.2, 0) is 5.75 Å². The van der Waals surface area contributed by atoms with E-state index in [0.717, 1.165) is 17.0 Å². The Bertz CT molecular complexity index is 1210. The minimum Gasteiger partial charge on any atom is -0.334 e. The number of hydrogen-bond donors (Lipinski definition) is 1. The van der Waals surface area contributed by atoms with Crippen molar-refractivity contribution >= 4 is 28.4 Å². The summed E-state index contributed by atoms with van der Waals surface area (Å²) in [6.45, 7) is 2.06. The molecule has 0 radical (unpaired) electrons. The average molecular weight is 415 g/mol. The van der Waals surface area contributed by atoms with Crippen molar-refractivity contribution in [3.63, 3.8) is 0 Å². The first-order valence-corrected chi connectivity index (χ1v) is 10.8. The summed E-state index contributed by atoms with van der Waals surface area (Å²) in [5, 5.41) is 4.04. The molecule has 3 aromatic rings. The molecule has 0 fully saturated rings. The summed E-state index contributed by atoms with van der Waals surface area (Å²) in [5.41, 5.74) is 5.55. The first-order valence-electron chi connectivity index (χ1n) is 9.77. The molecule has 0 spiro atoms. The van der Waals surface area contributed by atoms with Crippen LogP contribution in [0.1, 0.15) is 38.7 Å². The monoisotopic (exact) mass is 414 g/mol. The number of rotatable bonds is 3. The Hall–Kier alpha value is -3.18. The molecule has 1 N–H and O–H groups in total. The lowest BCUT2D eigenvalue weighted by molar-refractivity contribution is 0.103. The van der Waals surface area contributed by atoms with Gasteiger partial charge in [0.2, 0.25) is 0 Å². The van der Waals surface area contributed by atoms with E-state index in [9.17, 15) is 9.18 Å². The van der Waals surface area contributed by atoms with Gasteiger partial charge in [-0.3, -0.25) is 4.79 Å². The van der Waals surface area contributed by atoms with Gasteiger partial charge in [-0.15, -0.1) is 0 Å². The number of ketones is 1. The van der Waals surface area contributed by atoms with Gasteiger partial charge in [-0.05, 0) is 18.6 Å². The van der Waals surface area contributed by atoms with E-state index in [2.05, 4.69) is 36.5 Å². The molecular weight excluding hydrogens is 395 g/mol.